The molecule has 5 heteroatoms. The Bertz CT molecular complexity index is 1090. The lowest BCUT2D eigenvalue weighted by Crippen LogP contribution is -2.33. The topological polar surface area (TPSA) is 69.4 Å². The minimum Gasteiger partial charge on any atom is -0.446 e. The highest BCUT2D eigenvalue weighted by Crippen LogP contribution is 2.49. The summed E-state index contributed by atoms with van der Waals surface area (Å²) in [5.41, 5.74) is 3.89. The number of fused-ring (bicyclic) bond motifs is 2. The van der Waals surface area contributed by atoms with E-state index in [4.69, 9.17) is 14.9 Å². The van der Waals surface area contributed by atoms with Gasteiger partial charge >= 0.3 is 5.97 Å². The molecule has 0 saturated heterocycles. The van der Waals surface area contributed by atoms with Gasteiger partial charge in [0.25, 0.3) is 0 Å². The van der Waals surface area contributed by atoms with Crippen LogP contribution < -0.4 is 0 Å². The third-order valence-electron chi connectivity index (χ3n) is 4.80. The van der Waals surface area contributed by atoms with Crippen molar-refractivity contribution in [1.82, 2.24) is 0 Å². The van der Waals surface area contributed by atoms with E-state index in [0.717, 1.165) is 34.5 Å². The molecule has 0 heterocycles. The first kappa shape index (κ1) is 19.3. The van der Waals surface area contributed by atoms with Crippen molar-refractivity contribution in [2.75, 3.05) is 7.05 Å². The normalized spacial score (nSPS) is 16.4. The molecule has 0 radical (unpaired) electrons. The van der Waals surface area contributed by atoms with Crippen molar-refractivity contribution < 1.29 is 14.5 Å². The molecule has 4 rings (SSSR count). The molecular formula is C23H21NO4. The second-order valence-electron chi connectivity index (χ2n) is 6.90. The van der Waals surface area contributed by atoms with Gasteiger partial charge in [-0.25, -0.2) is 4.79 Å². The number of hydrogen-bond acceptors (Lipinski definition) is 4. The number of benzene rings is 3. The van der Waals surface area contributed by atoms with E-state index in [-0.39, 0.29) is 5.97 Å². The second kappa shape index (κ2) is 7.27. The zero-order valence-electron chi connectivity index (χ0n) is 16.1. The minimum atomic E-state index is -0.833. The van der Waals surface area contributed by atoms with E-state index < -0.39 is 10.5 Å². The first-order valence-corrected chi connectivity index (χ1v) is 8.84. The number of ether oxygens (including phenoxy) is 1. The predicted octanol–water partition coefficient (Wildman–Crippen LogP) is 5.10. The van der Waals surface area contributed by atoms with Crippen molar-refractivity contribution in [2.24, 2.45) is 0 Å². The molecule has 142 valence electrons. The maximum absolute atomic E-state index is 12.3. The summed E-state index contributed by atoms with van der Waals surface area (Å²) >= 11 is 0. The van der Waals surface area contributed by atoms with E-state index in [0.29, 0.717) is 5.57 Å². The maximum atomic E-state index is 12.3. The molecule has 28 heavy (non-hydrogen) atoms. The van der Waals surface area contributed by atoms with Crippen molar-refractivity contribution in [3.8, 4) is 11.1 Å². The molecule has 0 N–H and O–H groups in total. The Morgan fingerprint density at radius 1 is 1.00 bits per heavy atom. The standard InChI is InChI=1S/C22H18O2.CH3NO2/c1-14(2)21(23)24-22(3)18-12-5-4-10-16(18)17-11-6-8-15-9-7-13-19(22)20(15)17;1-2(3)4/h4-13H,1H2,2-3H3;1H3. The molecule has 0 aliphatic heterocycles. The summed E-state index contributed by atoms with van der Waals surface area (Å²) in [6.07, 6.45) is 0. The SMILES string of the molecule is C=C(C)C(=O)OC1(C)c2ccccc2-c2cccc3cccc1c23.C[N+](=O)[O-]. The largest absolute Gasteiger partial charge is 0.446 e. The number of carbonyl (C=O) groups excluding carboxylic acids is 1. The smallest absolute Gasteiger partial charge is 0.334 e. The molecule has 0 saturated carbocycles. The van der Waals surface area contributed by atoms with Gasteiger partial charge in [-0.05, 0) is 35.7 Å². The van der Waals surface area contributed by atoms with Gasteiger partial charge in [0.1, 0.15) is 0 Å². The lowest BCUT2D eigenvalue weighted by Gasteiger charge is -2.37. The van der Waals surface area contributed by atoms with Crippen molar-refractivity contribution in [1.29, 1.82) is 0 Å². The van der Waals surface area contributed by atoms with E-state index in [1.807, 2.05) is 37.3 Å². The van der Waals surface area contributed by atoms with Crippen LogP contribution in [0.1, 0.15) is 25.0 Å². The molecule has 0 aromatic heterocycles. The fourth-order valence-electron chi connectivity index (χ4n) is 3.62. The third-order valence-corrected chi connectivity index (χ3v) is 4.80. The van der Waals surface area contributed by atoms with Gasteiger partial charge < -0.3 is 4.74 Å². The highest BCUT2D eigenvalue weighted by molar-refractivity contribution is 6.03. The Morgan fingerprint density at radius 2 is 1.54 bits per heavy atom. The molecule has 1 unspecified atom stereocenters. The average Bonchev–Trinajstić information content (AvgIpc) is 2.65. The summed E-state index contributed by atoms with van der Waals surface area (Å²) in [6, 6.07) is 20.6. The van der Waals surface area contributed by atoms with Gasteiger partial charge in [-0.3, -0.25) is 10.1 Å². The zero-order chi connectivity index (χ0) is 20.5. The van der Waals surface area contributed by atoms with Gasteiger partial charge in [-0.15, -0.1) is 0 Å². The van der Waals surface area contributed by atoms with Crippen molar-refractivity contribution in [3.05, 3.63) is 94.1 Å². The van der Waals surface area contributed by atoms with E-state index >= 15 is 0 Å². The predicted molar refractivity (Wildman–Crippen MR) is 110 cm³/mol. The van der Waals surface area contributed by atoms with Gasteiger partial charge in [0.2, 0.25) is 0 Å². The molecule has 5 nitrogen and oxygen atoms in total. The molecular weight excluding hydrogens is 354 g/mol. The molecule has 3 aromatic rings. The zero-order valence-corrected chi connectivity index (χ0v) is 16.1. The van der Waals surface area contributed by atoms with Gasteiger partial charge in [-0.2, -0.15) is 0 Å². The van der Waals surface area contributed by atoms with E-state index in [1.54, 1.807) is 6.92 Å². The summed E-state index contributed by atoms with van der Waals surface area (Å²) in [5.74, 6) is -0.372. The Balaban J connectivity index is 0.000000516. The van der Waals surface area contributed by atoms with Gasteiger partial charge in [0.05, 0.1) is 0 Å². The molecule has 3 aromatic carbocycles. The second-order valence-corrected chi connectivity index (χ2v) is 6.90. The van der Waals surface area contributed by atoms with E-state index in [1.165, 1.54) is 5.56 Å². The Morgan fingerprint density at radius 3 is 2.18 bits per heavy atom. The van der Waals surface area contributed by atoms with Gasteiger partial charge in [0, 0.05) is 21.6 Å². The van der Waals surface area contributed by atoms with Gasteiger partial charge in [0.15, 0.2) is 12.6 Å². The van der Waals surface area contributed by atoms with Crippen LogP contribution in [0.2, 0.25) is 0 Å². The van der Waals surface area contributed by atoms with Crippen LogP contribution in [0.3, 0.4) is 0 Å². The monoisotopic (exact) mass is 375 g/mol. The summed E-state index contributed by atoms with van der Waals surface area (Å²) < 4.78 is 5.98. The highest BCUT2D eigenvalue weighted by Gasteiger charge is 2.40. The van der Waals surface area contributed by atoms with Crippen LogP contribution in [-0.2, 0) is 15.1 Å². The Kier molecular flexibility index (Phi) is 5.01. The third kappa shape index (κ3) is 3.27. The van der Waals surface area contributed by atoms with Crippen LogP contribution in [-0.4, -0.2) is 17.9 Å². The van der Waals surface area contributed by atoms with Crippen molar-refractivity contribution >= 4 is 16.7 Å². The fraction of sp³-hybridized carbons (Fsp3) is 0.174. The van der Waals surface area contributed by atoms with E-state index in [9.17, 15) is 4.79 Å². The van der Waals surface area contributed by atoms with Crippen LogP contribution in [0.5, 0.6) is 0 Å². The van der Waals surface area contributed by atoms with Crippen LogP contribution in [0.15, 0.2) is 72.8 Å². The maximum Gasteiger partial charge on any atom is 0.334 e. The first-order chi connectivity index (χ1) is 13.3. The summed E-state index contributed by atoms with van der Waals surface area (Å²) in [6.45, 7) is 7.37. The quantitative estimate of drug-likeness (QED) is 0.271. The fourth-order valence-corrected chi connectivity index (χ4v) is 3.62. The van der Waals surface area contributed by atoms with Crippen LogP contribution in [0.25, 0.3) is 21.9 Å². The van der Waals surface area contributed by atoms with Crippen molar-refractivity contribution in [3.63, 3.8) is 0 Å². The van der Waals surface area contributed by atoms with Crippen LogP contribution in [0, 0.1) is 10.1 Å². The number of nitrogens with zero attached hydrogens (tertiary/aromatic N) is 1. The Hall–Kier alpha value is -3.47. The van der Waals surface area contributed by atoms with Crippen molar-refractivity contribution in [2.45, 2.75) is 19.4 Å². The van der Waals surface area contributed by atoms with E-state index in [2.05, 4.69) is 36.9 Å². The number of rotatable bonds is 2. The molecule has 0 amide bonds. The first-order valence-electron chi connectivity index (χ1n) is 8.84. The molecule has 1 aliphatic rings. The molecule has 0 fully saturated rings. The lowest BCUT2D eigenvalue weighted by molar-refractivity contribution is -0.445. The number of nitro groups is 1. The Labute approximate surface area is 163 Å². The summed E-state index contributed by atoms with van der Waals surface area (Å²) in [7, 11) is 0.889. The lowest BCUT2D eigenvalue weighted by atomic mass is 9.74. The number of carbonyl (C=O) groups is 1. The number of hydrogen-bond donors (Lipinski definition) is 0. The average molecular weight is 375 g/mol. The number of esters is 1. The molecule has 0 spiro atoms. The van der Waals surface area contributed by atoms with Crippen LogP contribution >= 0.6 is 0 Å². The van der Waals surface area contributed by atoms with Gasteiger partial charge in [-0.1, -0.05) is 67.2 Å². The highest BCUT2D eigenvalue weighted by atomic mass is 16.6. The molecule has 1 atom stereocenters. The molecule has 0 bridgehead atoms. The van der Waals surface area contributed by atoms with Crippen LogP contribution in [0.4, 0.5) is 0 Å². The summed E-state index contributed by atoms with van der Waals surface area (Å²) in [4.78, 5) is 20.6. The summed E-state index contributed by atoms with van der Waals surface area (Å²) in [5, 5.41) is 11.1. The minimum absolute atomic E-state index is 0.372. The molecule has 1 aliphatic carbocycles.